The van der Waals surface area contributed by atoms with Crippen molar-refractivity contribution in [2.45, 2.75) is 26.2 Å². The topological polar surface area (TPSA) is 40.6 Å². The third-order valence-electron chi connectivity index (χ3n) is 6.85. The lowest BCUT2D eigenvalue weighted by Gasteiger charge is -2.35. The summed E-state index contributed by atoms with van der Waals surface area (Å²) in [5.74, 6) is 3.97. The second kappa shape index (κ2) is 5.32. The Labute approximate surface area is 146 Å². The average molecular weight is 344 g/mol. The van der Waals surface area contributed by atoms with Gasteiger partial charge in [0, 0.05) is 37.0 Å². The van der Waals surface area contributed by atoms with E-state index in [0.717, 1.165) is 16.7 Å². The van der Waals surface area contributed by atoms with Crippen LogP contribution in [0.3, 0.4) is 0 Å². The minimum atomic E-state index is 0.126. The van der Waals surface area contributed by atoms with Gasteiger partial charge in [-0.05, 0) is 62.0 Å². The molecule has 4 fully saturated rings. The van der Waals surface area contributed by atoms with Crippen LogP contribution < -0.4 is 0 Å². The lowest BCUT2D eigenvalue weighted by Crippen LogP contribution is -2.51. The van der Waals surface area contributed by atoms with E-state index in [-0.39, 0.29) is 5.91 Å². The number of carbonyl (C=O) groups is 2. The number of thiophene rings is 1. The third-order valence-corrected chi connectivity index (χ3v) is 7.84. The van der Waals surface area contributed by atoms with E-state index in [1.54, 1.807) is 11.3 Å². The summed E-state index contributed by atoms with van der Waals surface area (Å²) in [5, 5.41) is 0. The van der Waals surface area contributed by atoms with Crippen molar-refractivity contribution in [2.24, 2.45) is 29.6 Å². The van der Waals surface area contributed by atoms with Crippen molar-refractivity contribution in [3.8, 4) is 0 Å². The fourth-order valence-corrected chi connectivity index (χ4v) is 6.54. The number of aryl methyl sites for hydroxylation is 1. The van der Waals surface area contributed by atoms with Crippen LogP contribution in [0.2, 0.25) is 0 Å². The summed E-state index contributed by atoms with van der Waals surface area (Å²) >= 11 is 1.56. The Balaban J connectivity index is 1.19. The number of nitrogens with zero attached hydrogens (tertiary/aromatic N) is 2. The molecule has 0 radical (unpaired) electrons. The van der Waals surface area contributed by atoms with Crippen LogP contribution in [-0.4, -0.2) is 47.8 Å². The second-order valence-corrected chi connectivity index (χ2v) is 9.33. The van der Waals surface area contributed by atoms with Gasteiger partial charge in [0.15, 0.2) is 0 Å². The van der Waals surface area contributed by atoms with Crippen LogP contribution in [-0.2, 0) is 4.79 Å². The molecule has 4 aliphatic rings. The first kappa shape index (κ1) is 14.9. The quantitative estimate of drug-likeness (QED) is 0.827. The van der Waals surface area contributed by atoms with Crippen LogP contribution in [0.1, 0.15) is 33.8 Å². The van der Waals surface area contributed by atoms with Gasteiger partial charge in [-0.1, -0.05) is 0 Å². The molecule has 2 heterocycles. The number of amides is 2. The Morgan fingerprint density at radius 1 is 1.00 bits per heavy atom. The van der Waals surface area contributed by atoms with Crippen molar-refractivity contribution in [3.05, 3.63) is 21.9 Å². The Kier molecular flexibility index (Phi) is 3.31. The van der Waals surface area contributed by atoms with E-state index < -0.39 is 0 Å². The van der Waals surface area contributed by atoms with Crippen LogP contribution in [0.15, 0.2) is 12.1 Å². The van der Waals surface area contributed by atoms with Crippen molar-refractivity contribution in [3.63, 3.8) is 0 Å². The zero-order chi connectivity index (χ0) is 16.4. The zero-order valence-corrected chi connectivity index (χ0v) is 14.9. The number of carbonyl (C=O) groups excluding carboxylic acids is 2. The maximum absolute atomic E-state index is 12.9. The predicted octanol–water partition coefficient (Wildman–Crippen LogP) is 2.63. The lowest BCUT2D eigenvalue weighted by atomic mass is 10.0. The first-order valence-corrected chi connectivity index (χ1v) is 10.1. The molecular formula is C19H24N2O2S. The fraction of sp³-hybridized carbons (Fsp3) is 0.684. The molecule has 1 aromatic heterocycles. The van der Waals surface area contributed by atoms with Crippen LogP contribution in [0.5, 0.6) is 0 Å². The molecule has 5 heteroatoms. The molecule has 4 nitrogen and oxygen atoms in total. The van der Waals surface area contributed by atoms with Crippen molar-refractivity contribution in [2.75, 3.05) is 26.2 Å². The van der Waals surface area contributed by atoms with E-state index in [9.17, 15) is 9.59 Å². The summed E-state index contributed by atoms with van der Waals surface area (Å²) in [5.41, 5.74) is 0. The first-order valence-electron chi connectivity index (χ1n) is 9.28. The van der Waals surface area contributed by atoms with Gasteiger partial charge in [-0.25, -0.2) is 0 Å². The average Bonchev–Trinajstić information content (AvgIpc) is 2.94. The molecular weight excluding hydrogens is 320 g/mol. The maximum Gasteiger partial charge on any atom is 0.264 e. The third kappa shape index (κ3) is 2.17. The number of hydrogen-bond donors (Lipinski definition) is 0. The summed E-state index contributed by atoms with van der Waals surface area (Å²) in [4.78, 5) is 31.3. The van der Waals surface area contributed by atoms with Gasteiger partial charge in [0.05, 0.1) is 4.88 Å². The number of piperazine rings is 1. The van der Waals surface area contributed by atoms with Crippen molar-refractivity contribution >= 4 is 23.2 Å². The van der Waals surface area contributed by atoms with Crippen molar-refractivity contribution in [1.82, 2.24) is 9.80 Å². The SMILES string of the molecule is Cc1ccc(C(=O)N2CCN(C(=O)C3[C@H]4[C@H]5CC[C@@H](C5)[C@H]34)CC2)s1. The summed E-state index contributed by atoms with van der Waals surface area (Å²) < 4.78 is 0. The molecule has 0 unspecified atom stereocenters. The monoisotopic (exact) mass is 344 g/mol. The van der Waals surface area contributed by atoms with E-state index in [0.29, 0.717) is 49.8 Å². The van der Waals surface area contributed by atoms with Gasteiger partial charge in [0.2, 0.25) is 5.91 Å². The number of fused-ring (bicyclic) bond motifs is 5. The molecule has 0 aromatic carbocycles. The van der Waals surface area contributed by atoms with E-state index in [1.807, 2.05) is 28.9 Å². The van der Waals surface area contributed by atoms with Gasteiger partial charge in [-0.2, -0.15) is 0 Å². The molecule has 3 aliphatic carbocycles. The Hall–Kier alpha value is -1.36. The normalized spacial score (nSPS) is 36.8. The van der Waals surface area contributed by atoms with Crippen LogP contribution >= 0.6 is 11.3 Å². The van der Waals surface area contributed by atoms with Gasteiger partial charge >= 0.3 is 0 Å². The maximum atomic E-state index is 12.9. The van der Waals surface area contributed by atoms with Crippen LogP contribution in [0.4, 0.5) is 0 Å². The van der Waals surface area contributed by atoms with Gasteiger partial charge in [0.1, 0.15) is 0 Å². The Bertz CT molecular complexity index is 675. The highest BCUT2D eigenvalue weighted by Crippen LogP contribution is 2.69. The predicted molar refractivity (Wildman–Crippen MR) is 92.8 cm³/mol. The Morgan fingerprint density at radius 3 is 2.21 bits per heavy atom. The molecule has 128 valence electrons. The van der Waals surface area contributed by atoms with Crippen molar-refractivity contribution in [1.29, 1.82) is 0 Å². The second-order valence-electron chi connectivity index (χ2n) is 8.04. The van der Waals surface area contributed by atoms with Crippen LogP contribution in [0, 0.1) is 36.5 Å². The molecule has 0 spiro atoms. The summed E-state index contributed by atoms with van der Waals surface area (Å²) in [6, 6.07) is 3.92. The highest BCUT2D eigenvalue weighted by Gasteiger charge is 2.68. The molecule has 1 aliphatic heterocycles. The van der Waals surface area contributed by atoms with Gasteiger partial charge < -0.3 is 9.80 Å². The highest BCUT2D eigenvalue weighted by molar-refractivity contribution is 7.13. The lowest BCUT2D eigenvalue weighted by molar-refractivity contribution is -0.135. The molecule has 1 saturated heterocycles. The highest BCUT2D eigenvalue weighted by atomic mass is 32.1. The molecule has 2 bridgehead atoms. The van der Waals surface area contributed by atoms with Crippen molar-refractivity contribution < 1.29 is 9.59 Å². The largest absolute Gasteiger partial charge is 0.339 e. The zero-order valence-electron chi connectivity index (χ0n) is 14.1. The van der Waals surface area contributed by atoms with Gasteiger partial charge in [-0.3, -0.25) is 9.59 Å². The Morgan fingerprint density at radius 2 is 1.62 bits per heavy atom. The van der Waals surface area contributed by atoms with E-state index in [2.05, 4.69) is 0 Å². The standard InChI is InChI=1S/C19H24N2O2S/c1-11-2-5-14(24-11)18(22)20-6-8-21(9-7-20)19(23)17-15-12-3-4-13(10-12)16(15)17/h2,5,12-13,15-17H,3-4,6-10H2,1H3/t12-,13-,15-,16-/m0/s1. The van der Waals surface area contributed by atoms with E-state index in [4.69, 9.17) is 0 Å². The molecule has 4 atom stereocenters. The molecule has 2 amide bonds. The summed E-state index contributed by atoms with van der Waals surface area (Å²) in [6.45, 7) is 4.80. The molecule has 0 N–H and O–H groups in total. The van der Waals surface area contributed by atoms with Crippen LogP contribution in [0.25, 0.3) is 0 Å². The van der Waals surface area contributed by atoms with Gasteiger partial charge in [-0.15, -0.1) is 11.3 Å². The number of hydrogen-bond acceptors (Lipinski definition) is 3. The summed E-state index contributed by atoms with van der Waals surface area (Å²) in [6.07, 6.45) is 4.11. The minimum absolute atomic E-state index is 0.126. The molecule has 1 aromatic rings. The first-order chi connectivity index (χ1) is 11.6. The molecule has 3 saturated carbocycles. The van der Waals surface area contributed by atoms with E-state index >= 15 is 0 Å². The number of rotatable bonds is 2. The van der Waals surface area contributed by atoms with Gasteiger partial charge in [0.25, 0.3) is 5.91 Å². The smallest absolute Gasteiger partial charge is 0.264 e. The fourth-order valence-electron chi connectivity index (χ4n) is 5.70. The molecule has 24 heavy (non-hydrogen) atoms. The van der Waals surface area contributed by atoms with E-state index in [1.165, 1.54) is 24.1 Å². The molecule has 5 rings (SSSR count). The minimum Gasteiger partial charge on any atom is -0.339 e. The summed E-state index contributed by atoms with van der Waals surface area (Å²) in [7, 11) is 0.